The SMILES string of the molecule is O=C(CN1CCC[C@H](C(F)(F)F)C1)Nc1c(F)cccc1F. The average molecular weight is 322 g/mol. The summed E-state index contributed by atoms with van der Waals surface area (Å²) in [5.74, 6) is -4.08. The molecule has 0 aromatic heterocycles. The predicted molar refractivity (Wildman–Crippen MR) is 70.2 cm³/mol. The van der Waals surface area contributed by atoms with E-state index >= 15 is 0 Å². The number of hydrogen-bond donors (Lipinski definition) is 1. The van der Waals surface area contributed by atoms with Crippen LogP contribution in [0.5, 0.6) is 0 Å². The van der Waals surface area contributed by atoms with Crippen LogP contribution in [0.3, 0.4) is 0 Å². The maximum absolute atomic E-state index is 13.4. The molecule has 0 saturated carbocycles. The summed E-state index contributed by atoms with van der Waals surface area (Å²) in [4.78, 5) is 13.1. The van der Waals surface area contributed by atoms with Crippen molar-refractivity contribution in [3.8, 4) is 0 Å². The van der Waals surface area contributed by atoms with Gasteiger partial charge in [-0.2, -0.15) is 13.2 Å². The number of carbonyl (C=O) groups is 1. The van der Waals surface area contributed by atoms with Gasteiger partial charge >= 0.3 is 6.18 Å². The zero-order valence-corrected chi connectivity index (χ0v) is 11.6. The molecule has 1 atom stereocenters. The van der Waals surface area contributed by atoms with Crippen LogP contribution >= 0.6 is 0 Å². The lowest BCUT2D eigenvalue weighted by molar-refractivity contribution is -0.186. The maximum atomic E-state index is 13.4. The zero-order chi connectivity index (χ0) is 16.3. The molecule has 1 saturated heterocycles. The summed E-state index contributed by atoms with van der Waals surface area (Å²) in [5, 5.41) is 2.07. The molecule has 0 spiro atoms. The summed E-state index contributed by atoms with van der Waals surface area (Å²) in [6, 6.07) is 3.12. The number of para-hydroxylation sites is 1. The summed E-state index contributed by atoms with van der Waals surface area (Å²) in [7, 11) is 0. The van der Waals surface area contributed by atoms with Crippen LogP contribution < -0.4 is 5.32 Å². The molecule has 8 heteroatoms. The Morgan fingerprint density at radius 2 is 1.91 bits per heavy atom. The highest BCUT2D eigenvalue weighted by Crippen LogP contribution is 2.33. The summed E-state index contributed by atoms with van der Waals surface area (Å²) >= 11 is 0. The van der Waals surface area contributed by atoms with E-state index in [1.165, 1.54) is 4.90 Å². The van der Waals surface area contributed by atoms with Gasteiger partial charge in [-0.05, 0) is 31.5 Å². The Morgan fingerprint density at radius 1 is 1.27 bits per heavy atom. The number of carbonyl (C=O) groups excluding carboxylic acids is 1. The van der Waals surface area contributed by atoms with Crippen LogP contribution in [0, 0.1) is 17.6 Å². The second-order valence-electron chi connectivity index (χ2n) is 5.26. The molecule has 0 radical (unpaired) electrons. The zero-order valence-electron chi connectivity index (χ0n) is 11.6. The minimum absolute atomic E-state index is 0.0313. The highest BCUT2D eigenvalue weighted by atomic mass is 19.4. The molecule has 1 aromatic rings. The van der Waals surface area contributed by atoms with E-state index in [9.17, 15) is 26.7 Å². The number of rotatable bonds is 3. The van der Waals surface area contributed by atoms with Gasteiger partial charge in [-0.3, -0.25) is 9.69 Å². The topological polar surface area (TPSA) is 32.3 Å². The third-order valence-electron chi connectivity index (χ3n) is 3.56. The van der Waals surface area contributed by atoms with Crippen molar-refractivity contribution in [2.75, 3.05) is 25.0 Å². The van der Waals surface area contributed by atoms with E-state index in [2.05, 4.69) is 5.32 Å². The minimum atomic E-state index is -4.30. The first-order chi connectivity index (χ1) is 10.3. The van der Waals surface area contributed by atoms with Crippen molar-refractivity contribution in [2.45, 2.75) is 19.0 Å². The number of nitrogens with zero attached hydrogens (tertiary/aromatic N) is 1. The molecular weight excluding hydrogens is 307 g/mol. The monoisotopic (exact) mass is 322 g/mol. The lowest BCUT2D eigenvalue weighted by atomic mass is 9.97. The van der Waals surface area contributed by atoms with E-state index < -0.39 is 35.3 Å². The number of anilines is 1. The van der Waals surface area contributed by atoms with Gasteiger partial charge in [0.2, 0.25) is 5.91 Å². The molecule has 0 aliphatic carbocycles. The quantitative estimate of drug-likeness (QED) is 0.867. The van der Waals surface area contributed by atoms with E-state index in [0.717, 1.165) is 18.2 Å². The van der Waals surface area contributed by atoms with Crippen molar-refractivity contribution >= 4 is 11.6 Å². The van der Waals surface area contributed by atoms with Crippen LogP contribution in [0.2, 0.25) is 0 Å². The van der Waals surface area contributed by atoms with E-state index in [4.69, 9.17) is 0 Å². The standard InChI is InChI=1S/C14H15F5N2O/c15-10-4-1-5-11(16)13(10)20-12(22)8-21-6-2-3-9(7-21)14(17,18)19/h1,4-5,9H,2-3,6-8H2,(H,20,22)/t9-/m0/s1. The van der Waals surface area contributed by atoms with Gasteiger partial charge in [-0.25, -0.2) is 8.78 Å². The molecule has 0 unspecified atom stereocenters. The molecule has 1 amide bonds. The fourth-order valence-electron chi connectivity index (χ4n) is 2.47. The number of piperidine rings is 1. The summed E-state index contributed by atoms with van der Waals surface area (Å²) in [6.45, 7) is -0.267. The molecule has 1 fully saturated rings. The van der Waals surface area contributed by atoms with E-state index in [1.54, 1.807) is 0 Å². The van der Waals surface area contributed by atoms with Crippen molar-refractivity contribution in [1.82, 2.24) is 4.90 Å². The summed E-state index contributed by atoms with van der Waals surface area (Å²) < 4.78 is 64.8. The number of benzene rings is 1. The van der Waals surface area contributed by atoms with Gasteiger partial charge < -0.3 is 5.32 Å². The van der Waals surface area contributed by atoms with Crippen molar-refractivity contribution in [3.63, 3.8) is 0 Å². The van der Waals surface area contributed by atoms with Gasteiger partial charge in [0.1, 0.15) is 17.3 Å². The van der Waals surface area contributed by atoms with Crippen molar-refractivity contribution in [1.29, 1.82) is 0 Å². The van der Waals surface area contributed by atoms with Crippen LogP contribution in [-0.4, -0.2) is 36.6 Å². The van der Waals surface area contributed by atoms with E-state index in [-0.39, 0.29) is 19.5 Å². The number of likely N-dealkylation sites (tertiary alicyclic amines) is 1. The molecule has 1 aliphatic heterocycles. The predicted octanol–water partition coefficient (Wildman–Crippen LogP) is 3.18. The Bertz CT molecular complexity index is 526. The highest BCUT2D eigenvalue weighted by molar-refractivity contribution is 5.92. The van der Waals surface area contributed by atoms with Crippen LogP contribution in [0.4, 0.5) is 27.6 Å². The Labute approximate surface area is 124 Å². The van der Waals surface area contributed by atoms with Crippen molar-refractivity contribution < 1.29 is 26.7 Å². The van der Waals surface area contributed by atoms with Crippen LogP contribution in [-0.2, 0) is 4.79 Å². The van der Waals surface area contributed by atoms with Gasteiger partial charge in [0.25, 0.3) is 0 Å². The highest BCUT2D eigenvalue weighted by Gasteiger charge is 2.41. The third kappa shape index (κ3) is 4.16. The van der Waals surface area contributed by atoms with E-state index in [1.807, 2.05) is 0 Å². The average Bonchev–Trinajstić information content (AvgIpc) is 2.42. The molecule has 3 nitrogen and oxygen atoms in total. The first kappa shape index (κ1) is 16.7. The second-order valence-corrected chi connectivity index (χ2v) is 5.26. The number of amides is 1. The third-order valence-corrected chi connectivity index (χ3v) is 3.56. The number of alkyl halides is 3. The second kappa shape index (κ2) is 6.60. The van der Waals surface area contributed by atoms with Gasteiger partial charge in [-0.15, -0.1) is 0 Å². The normalized spacial score (nSPS) is 20.0. The Morgan fingerprint density at radius 3 is 2.50 bits per heavy atom. The van der Waals surface area contributed by atoms with Gasteiger partial charge in [-0.1, -0.05) is 6.07 Å². The van der Waals surface area contributed by atoms with Crippen LogP contribution in [0.15, 0.2) is 18.2 Å². The number of halogens is 5. The molecule has 1 aromatic carbocycles. The number of hydrogen-bond acceptors (Lipinski definition) is 2. The molecule has 0 bridgehead atoms. The van der Waals surface area contributed by atoms with Gasteiger partial charge in [0.15, 0.2) is 0 Å². The Kier molecular flexibility index (Phi) is 5.00. The fourth-order valence-corrected chi connectivity index (χ4v) is 2.47. The minimum Gasteiger partial charge on any atom is -0.320 e. The molecule has 122 valence electrons. The lowest BCUT2D eigenvalue weighted by Crippen LogP contribution is -2.44. The summed E-state index contributed by atoms with van der Waals surface area (Å²) in [6.07, 6.45) is -3.94. The van der Waals surface area contributed by atoms with Crippen molar-refractivity contribution in [3.05, 3.63) is 29.8 Å². The van der Waals surface area contributed by atoms with Crippen LogP contribution in [0.25, 0.3) is 0 Å². The smallest absolute Gasteiger partial charge is 0.320 e. The molecule has 2 rings (SSSR count). The molecule has 22 heavy (non-hydrogen) atoms. The van der Waals surface area contributed by atoms with Crippen LogP contribution in [0.1, 0.15) is 12.8 Å². The molecule has 1 N–H and O–H groups in total. The molecule has 1 heterocycles. The number of nitrogens with one attached hydrogen (secondary N) is 1. The maximum Gasteiger partial charge on any atom is 0.393 e. The summed E-state index contributed by atoms with van der Waals surface area (Å²) in [5.41, 5.74) is -0.586. The fraction of sp³-hybridized carbons (Fsp3) is 0.500. The molecular formula is C14H15F5N2O. The van der Waals surface area contributed by atoms with Crippen molar-refractivity contribution in [2.24, 2.45) is 5.92 Å². The van der Waals surface area contributed by atoms with Gasteiger partial charge in [0.05, 0.1) is 12.5 Å². The molecule has 1 aliphatic rings. The Hall–Kier alpha value is -1.70. The largest absolute Gasteiger partial charge is 0.393 e. The lowest BCUT2D eigenvalue weighted by Gasteiger charge is -2.33. The first-order valence-corrected chi connectivity index (χ1v) is 6.80. The Balaban J connectivity index is 1.95. The first-order valence-electron chi connectivity index (χ1n) is 6.80. The van der Waals surface area contributed by atoms with Gasteiger partial charge in [0, 0.05) is 6.54 Å². The van der Waals surface area contributed by atoms with E-state index in [0.29, 0.717) is 13.0 Å².